The van der Waals surface area contributed by atoms with E-state index in [2.05, 4.69) is 11.8 Å². The first-order valence-corrected chi connectivity index (χ1v) is 3.74. The fourth-order valence-electron chi connectivity index (χ4n) is 0.604. The molecule has 0 bridgehead atoms. The molecular weight excluding hydrogens is 140 g/mol. The lowest BCUT2D eigenvalue weighted by atomic mass is 10.3. The summed E-state index contributed by atoms with van der Waals surface area (Å²) in [6.07, 6.45) is 1.77. The van der Waals surface area contributed by atoms with E-state index >= 15 is 0 Å². The van der Waals surface area contributed by atoms with E-state index in [0.717, 1.165) is 12.8 Å². The molecule has 2 heteroatoms. The number of ketones is 1. The van der Waals surface area contributed by atoms with Crippen LogP contribution in [0.3, 0.4) is 0 Å². The van der Waals surface area contributed by atoms with E-state index in [1.54, 1.807) is 0 Å². The Morgan fingerprint density at radius 2 is 2.27 bits per heavy atom. The molecule has 0 heterocycles. The Bertz CT molecular complexity index is 162. The smallest absolute Gasteiger partial charge is 0.155 e. The summed E-state index contributed by atoms with van der Waals surface area (Å²) in [6.45, 7) is 4.20. The van der Waals surface area contributed by atoms with Gasteiger partial charge in [-0.3, -0.25) is 4.79 Å². The van der Waals surface area contributed by atoms with Crippen LogP contribution in [0.1, 0.15) is 26.7 Å². The third-order valence-corrected chi connectivity index (χ3v) is 1.07. The fraction of sp³-hybridized carbons (Fsp3) is 0.667. The molecule has 0 fully saturated rings. The molecule has 0 aromatic carbocycles. The molecule has 2 nitrogen and oxygen atoms in total. The van der Waals surface area contributed by atoms with Gasteiger partial charge < -0.3 is 4.74 Å². The molecule has 0 aliphatic rings. The molecule has 0 aromatic rings. The number of carbonyl (C=O) groups excluding carboxylic acids is 1. The SMILES string of the molecule is CC#CCCCOCC(C)=O. The van der Waals surface area contributed by atoms with Crippen LogP contribution in [-0.2, 0) is 9.53 Å². The van der Waals surface area contributed by atoms with E-state index in [1.807, 2.05) is 6.92 Å². The molecule has 0 radical (unpaired) electrons. The molecule has 0 unspecified atom stereocenters. The standard InChI is InChI=1S/C9H14O2/c1-3-4-5-6-7-11-8-9(2)10/h5-8H2,1-2H3. The monoisotopic (exact) mass is 154 g/mol. The number of hydrogen-bond donors (Lipinski definition) is 0. The van der Waals surface area contributed by atoms with Gasteiger partial charge in [-0.1, -0.05) is 0 Å². The molecule has 0 rings (SSSR count). The van der Waals surface area contributed by atoms with Crippen LogP contribution >= 0.6 is 0 Å². The van der Waals surface area contributed by atoms with Crippen LogP contribution in [0.2, 0.25) is 0 Å². The van der Waals surface area contributed by atoms with Gasteiger partial charge in [0.1, 0.15) is 6.61 Å². The van der Waals surface area contributed by atoms with Crippen molar-refractivity contribution in [1.82, 2.24) is 0 Å². The van der Waals surface area contributed by atoms with Crippen LogP contribution < -0.4 is 0 Å². The maximum atomic E-state index is 10.4. The number of carbonyl (C=O) groups is 1. The summed E-state index contributed by atoms with van der Waals surface area (Å²) < 4.78 is 5.02. The van der Waals surface area contributed by atoms with Gasteiger partial charge in [0.05, 0.1) is 0 Å². The molecular formula is C9H14O2. The number of Topliss-reactive ketones (excluding diaryl/α,β-unsaturated/α-hetero) is 1. The van der Waals surface area contributed by atoms with Crippen LogP contribution in [0.4, 0.5) is 0 Å². The largest absolute Gasteiger partial charge is 0.374 e. The second kappa shape index (κ2) is 7.30. The molecule has 0 N–H and O–H groups in total. The maximum absolute atomic E-state index is 10.4. The van der Waals surface area contributed by atoms with Gasteiger partial charge in [-0.15, -0.1) is 11.8 Å². The molecule has 62 valence electrons. The summed E-state index contributed by atoms with van der Waals surface area (Å²) in [5.74, 6) is 5.79. The van der Waals surface area contributed by atoms with Crippen LogP contribution in [0.5, 0.6) is 0 Å². The summed E-state index contributed by atoms with van der Waals surface area (Å²) in [5.41, 5.74) is 0. The van der Waals surface area contributed by atoms with Crippen molar-refractivity contribution in [1.29, 1.82) is 0 Å². The first kappa shape index (κ1) is 10.2. The average molecular weight is 154 g/mol. The zero-order chi connectivity index (χ0) is 8.53. The highest BCUT2D eigenvalue weighted by Crippen LogP contribution is 1.87. The summed E-state index contributed by atoms with van der Waals surface area (Å²) in [5, 5.41) is 0. The van der Waals surface area contributed by atoms with Crippen LogP contribution in [-0.4, -0.2) is 19.0 Å². The molecule has 0 aliphatic carbocycles. The van der Waals surface area contributed by atoms with E-state index in [0.29, 0.717) is 6.61 Å². The molecule has 0 saturated carbocycles. The minimum atomic E-state index is 0.0755. The van der Waals surface area contributed by atoms with Crippen molar-refractivity contribution in [3.63, 3.8) is 0 Å². The lowest BCUT2D eigenvalue weighted by Crippen LogP contribution is -2.04. The highest BCUT2D eigenvalue weighted by atomic mass is 16.5. The third-order valence-electron chi connectivity index (χ3n) is 1.07. The molecule has 0 aliphatic heterocycles. The van der Waals surface area contributed by atoms with Crippen molar-refractivity contribution in [2.75, 3.05) is 13.2 Å². The zero-order valence-electron chi connectivity index (χ0n) is 7.14. The second-order valence-electron chi connectivity index (χ2n) is 2.28. The Morgan fingerprint density at radius 1 is 1.55 bits per heavy atom. The topological polar surface area (TPSA) is 26.3 Å². The Kier molecular flexibility index (Phi) is 6.76. The van der Waals surface area contributed by atoms with Crippen molar-refractivity contribution in [2.45, 2.75) is 26.7 Å². The number of hydrogen-bond acceptors (Lipinski definition) is 2. The van der Waals surface area contributed by atoms with Gasteiger partial charge in [0.2, 0.25) is 0 Å². The highest BCUT2D eigenvalue weighted by Gasteiger charge is 1.91. The molecule has 11 heavy (non-hydrogen) atoms. The first-order chi connectivity index (χ1) is 5.27. The Morgan fingerprint density at radius 3 is 2.82 bits per heavy atom. The predicted molar refractivity (Wildman–Crippen MR) is 44.2 cm³/mol. The van der Waals surface area contributed by atoms with E-state index in [-0.39, 0.29) is 12.4 Å². The van der Waals surface area contributed by atoms with Gasteiger partial charge in [-0.2, -0.15) is 0 Å². The highest BCUT2D eigenvalue weighted by molar-refractivity contribution is 5.76. The Hall–Kier alpha value is -0.810. The Balaban J connectivity index is 3.00. The van der Waals surface area contributed by atoms with E-state index < -0.39 is 0 Å². The third kappa shape index (κ3) is 9.19. The van der Waals surface area contributed by atoms with Crippen molar-refractivity contribution in [2.24, 2.45) is 0 Å². The number of rotatable bonds is 5. The lowest BCUT2D eigenvalue weighted by molar-refractivity contribution is -0.121. The first-order valence-electron chi connectivity index (χ1n) is 3.74. The quantitative estimate of drug-likeness (QED) is 0.442. The van der Waals surface area contributed by atoms with Crippen molar-refractivity contribution in [3.8, 4) is 11.8 Å². The number of unbranched alkanes of at least 4 members (excludes halogenated alkanes) is 1. The van der Waals surface area contributed by atoms with E-state index in [4.69, 9.17) is 4.74 Å². The van der Waals surface area contributed by atoms with E-state index in [9.17, 15) is 4.79 Å². The molecule has 0 spiro atoms. The molecule has 0 saturated heterocycles. The zero-order valence-corrected chi connectivity index (χ0v) is 7.14. The molecule has 0 aromatic heterocycles. The van der Waals surface area contributed by atoms with Crippen LogP contribution in [0.25, 0.3) is 0 Å². The lowest BCUT2D eigenvalue weighted by Gasteiger charge is -1.97. The van der Waals surface area contributed by atoms with Crippen molar-refractivity contribution < 1.29 is 9.53 Å². The van der Waals surface area contributed by atoms with Crippen molar-refractivity contribution >= 4 is 5.78 Å². The van der Waals surface area contributed by atoms with E-state index in [1.165, 1.54) is 6.92 Å². The summed E-state index contributed by atoms with van der Waals surface area (Å²) in [7, 11) is 0. The minimum Gasteiger partial charge on any atom is -0.374 e. The van der Waals surface area contributed by atoms with Gasteiger partial charge in [0.25, 0.3) is 0 Å². The van der Waals surface area contributed by atoms with Crippen LogP contribution in [0, 0.1) is 11.8 Å². The normalized spacial score (nSPS) is 8.55. The van der Waals surface area contributed by atoms with Crippen molar-refractivity contribution in [3.05, 3.63) is 0 Å². The summed E-state index contributed by atoms with van der Waals surface area (Å²) in [6, 6.07) is 0. The molecule has 0 amide bonds. The predicted octanol–water partition coefficient (Wildman–Crippen LogP) is 1.40. The van der Waals surface area contributed by atoms with Gasteiger partial charge in [-0.05, 0) is 20.3 Å². The summed E-state index contributed by atoms with van der Waals surface area (Å²) in [4.78, 5) is 10.4. The number of ether oxygens (including phenoxy) is 1. The minimum absolute atomic E-state index is 0.0755. The molecule has 0 atom stereocenters. The second-order valence-corrected chi connectivity index (χ2v) is 2.28. The maximum Gasteiger partial charge on any atom is 0.155 e. The fourth-order valence-corrected chi connectivity index (χ4v) is 0.604. The van der Waals surface area contributed by atoms with Gasteiger partial charge in [-0.25, -0.2) is 0 Å². The van der Waals surface area contributed by atoms with Gasteiger partial charge in [0.15, 0.2) is 5.78 Å². The van der Waals surface area contributed by atoms with Gasteiger partial charge in [0, 0.05) is 13.0 Å². The average Bonchev–Trinajstić information content (AvgIpc) is 1.96. The summed E-state index contributed by atoms with van der Waals surface area (Å²) >= 11 is 0. The van der Waals surface area contributed by atoms with Gasteiger partial charge >= 0.3 is 0 Å². The Labute approximate surface area is 67.9 Å². The van der Waals surface area contributed by atoms with Crippen LogP contribution in [0.15, 0.2) is 0 Å².